The van der Waals surface area contributed by atoms with E-state index in [1.54, 1.807) is 18.5 Å². The van der Waals surface area contributed by atoms with Gasteiger partial charge in [0.2, 0.25) is 0 Å². The third-order valence-electron chi connectivity index (χ3n) is 3.53. The molecule has 0 fully saturated rings. The van der Waals surface area contributed by atoms with Crippen molar-refractivity contribution in [2.24, 2.45) is 18.7 Å². The van der Waals surface area contributed by atoms with E-state index in [4.69, 9.17) is 5.73 Å². The Morgan fingerprint density at radius 3 is 2.42 bits per heavy atom. The third kappa shape index (κ3) is 4.02. The van der Waals surface area contributed by atoms with Crippen molar-refractivity contribution in [1.82, 2.24) is 14.3 Å². The predicted molar refractivity (Wildman–Crippen MR) is 75.2 cm³/mol. The maximum atomic E-state index is 12.1. The zero-order chi connectivity index (χ0) is 14.6. The van der Waals surface area contributed by atoms with Crippen LogP contribution in [0.5, 0.6) is 0 Å². The Hall–Kier alpha value is -0.920. The molecule has 0 aromatic carbocycles. The summed E-state index contributed by atoms with van der Waals surface area (Å²) in [7, 11) is -1.81. The fourth-order valence-electron chi connectivity index (χ4n) is 2.00. The summed E-state index contributed by atoms with van der Waals surface area (Å²) in [4.78, 5) is 4.02. The molecule has 0 amide bonds. The Bertz CT molecular complexity index is 486. The van der Waals surface area contributed by atoms with Crippen molar-refractivity contribution >= 4 is 10.0 Å². The van der Waals surface area contributed by atoms with Crippen LogP contribution in [0.4, 0.5) is 0 Å². The standard InChI is InChI=1S/C12H24N4O2S/c1-5-10(6-2)11(13)7-14-19(17,18)12-8-16(4)9(3)15-12/h8,10-11,14H,5-7,13H2,1-4H3. The van der Waals surface area contributed by atoms with Gasteiger partial charge in [-0.1, -0.05) is 26.7 Å². The summed E-state index contributed by atoms with van der Waals surface area (Å²) in [5.41, 5.74) is 6.01. The molecule has 1 heterocycles. The molecule has 7 heteroatoms. The van der Waals surface area contributed by atoms with E-state index in [2.05, 4.69) is 23.6 Å². The zero-order valence-electron chi connectivity index (χ0n) is 12.0. The van der Waals surface area contributed by atoms with Crippen molar-refractivity contribution in [1.29, 1.82) is 0 Å². The smallest absolute Gasteiger partial charge is 0.259 e. The van der Waals surface area contributed by atoms with E-state index in [0.717, 1.165) is 12.8 Å². The first kappa shape index (κ1) is 16.1. The topological polar surface area (TPSA) is 90.0 Å². The van der Waals surface area contributed by atoms with Crippen LogP contribution >= 0.6 is 0 Å². The van der Waals surface area contributed by atoms with Crippen molar-refractivity contribution in [2.45, 2.75) is 44.7 Å². The van der Waals surface area contributed by atoms with Gasteiger partial charge in [-0.05, 0) is 12.8 Å². The lowest BCUT2D eigenvalue weighted by molar-refractivity contribution is 0.392. The number of sulfonamides is 1. The summed E-state index contributed by atoms with van der Waals surface area (Å²) in [6.07, 6.45) is 3.39. The van der Waals surface area contributed by atoms with Gasteiger partial charge in [0, 0.05) is 25.8 Å². The average molecular weight is 288 g/mol. The molecule has 0 spiro atoms. The van der Waals surface area contributed by atoms with Gasteiger partial charge in [-0.3, -0.25) is 0 Å². The lowest BCUT2D eigenvalue weighted by Gasteiger charge is -2.21. The second-order valence-electron chi connectivity index (χ2n) is 4.83. The average Bonchev–Trinajstić information content (AvgIpc) is 2.70. The largest absolute Gasteiger partial charge is 0.337 e. The summed E-state index contributed by atoms with van der Waals surface area (Å²) in [5, 5.41) is 0.0456. The molecule has 6 nitrogen and oxygen atoms in total. The van der Waals surface area contributed by atoms with E-state index in [1.165, 1.54) is 6.20 Å². The van der Waals surface area contributed by atoms with Gasteiger partial charge in [0.05, 0.1) is 0 Å². The van der Waals surface area contributed by atoms with E-state index in [-0.39, 0.29) is 17.6 Å². The molecule has 110 valence electrons. The molecule has 1 aromatic heterocycles. The summed E-state index contributed by atoms with van der Waals surface area (Å²) < 4.78 is 28.3. The molecule has 0 radical (unpaired) electrons. The van der Waals surface area contributed by atoms with Crippen molar-refractivity contribution in [3.8, 4) is 0 Å². The lowest BCUT2D eigenvalue weighted by Crippen LogP contribution is -2.41. The number of hydrogen-bond acceptors (Lipinski definition) is 4. The van der Waals surface area contributed by atoms with Crippen LogP contribution < -0.4 is 10.5 Å². The molecule has 0 bridgehead atoms. The van der Waals surface area contributed by atoms with Crippen LogP contribution in [-0.4, -0.2) is 30.6 Å². The fourth-order valence-corrected chi connectivity index (χ4v) is 3.11. The van der Waals surface area contributed by atoms with Gasteiger partial charge >= 0.3 is 0 Å². The van der Waals surface area contributed by atoms with Crippen LogP contribution in [0.25, 0.3) is 0 Å². The normalized spacial score (nSPS) is 14.0. The molecule has 1 unspecified atom stereocenters. The van der Waals surface area contributed by atoms with Gasteiger partial charge < -0.3 is 10.3 Å². The van der Waals surface area contributed by atoms with E-state index in [9.17, 15) is 8.42 Å². The van der Waals surface area contributed by atoms with Gasteiger partial charge in [-0.25, -0.2) is 18.1 Å². The minimum absolute atomic E-state index is 0.0456. The molecular weight excluding hydrogens is 264 g/mol. The number of hydrogen-bond donors (Lipinski definition) is 2. The fraction of sp³-hybridized carbons (Fsp3) is 0.750. The maximum absolute atomic E-state index is 12.1. The molecule has 0 aliphatic heterocycles. The van der Waals surface area contributed by atoms with Crippen molar-refractivity contribution in [2.75, 3.05) is 6.54 Å². The Kier molecular flexibility index (Phi) is 5.51. The van der Waals surface area contributed by atoms with Crippen molar-refractivity contribution < 1.29 is 8.42 Å². The van der Waals surface area contributed by atoms with Crippen LogP contribution in [0.1, 0.15) is 32.5 Å². The van der Waals surface area contributed by atoms with Gasteiger partial charge in [-0.2, -0.15) is 0 Å². The number of aromatic nitrogens is 2. The Labute approximate surface area is 115 Å². The highest BCUT2D eigenvalue weighted by molar-refractivity contribution is 7.89. The number of rotatable bonds is 7. The number of nitrogens with two attached hydrogens (primary N) is 1. The molecule has 0 saturated carbocycles. The Balaban J connectivity index is 2.71. The van der Waals surface area contributed by atoms with Crippen LogP contribution in [0.15, 0.2) is 11.2 Å². The molecule has 3 N–H and O–H groups in total. The molecular formula is C12H24N4O2S. The van der Waals surface area contributed by atoms with E-state index >= 15 is 0 Å². The summed E-state index contributed by atoms with van der Waals surface area (Å²) >= 11 is 0. The van der Waals surface area contributed by atoms with Gasteiger partial charge in [0.1, 0.15) is 5.82 Å². The number of nitrogens with zero attached hydrogens (tertiary/aromatic N) is 2. The SMILES string of the molecule is CCC(CC)C(N)CNS(=O)(=O)c1cn(C)c(C)n1. The quantitative estimate of drug-likeness (QED) is 0.775. The molecule has 1 aromatic rings. The summed E-state index contributed by atoms with van der Waals surface area (Å²) in [6.45, 7) is 6.12. The first-order valence-corrected chi connectivity index (χ1v) is 8.05. The van der Waals surface area contributed by atoms with Crippen LogP contribution in [0.3, 0.4) is 0 Å². The first-order valence-electron chi connectivity index (χ1n) is 6.57. The van der Waals surface area contributed by atoms with Crippen molar-refractivity contribution in [3.63, 3.8) is 0 Å². The van der Waals surface area contributed by atoms with E-state index in [0.29, 0.717) is 11.7 Å². The Morgan fingerprint density at radius 1 is 1.42 bits per heavy atom. The molecule has 0 aliphatic carbocycles. The van der Waals surface area contributed by atoms with Gasteiger partial charge in [0.25, 0.3) is 10.0 Å². The molecule has 0 aliphatic rings. The monoisotopic (exact) mass is 288 g/mol. The van der Waals surface area contributed by atoms with Crippen LogP contribution in [0.2, 0.25) is 0 Å². The highest BCUT2D eigenvalue weighted by atomic mass is 32.2. The highest BCUT2D eigenvalue weighted by Gasteiger charge is 2.21. The van der Waals surface area contributed by atoms with Crippen LogP contribution in [-0.2, 0) is 17.1 Å². The molecule has 1 atom stereocenters. The van der Waals surface area contributed by atoms with Gasteiger partial charge in [-0.15, -0.1) is 0 Å². The number of nitrogens with one attached hydrogen (secondary N) is 1. The van der Waals surface area contributed by atoms with Gasteiger partial charge in [0.15, 0.2) is 5.03 Å². The molecule has 1 rings (SSSR count). The van der Waals surface area contributed by atoms with Crippen LogP contribution in [0, 0.1) is 12.8 Å². The minimum Gasteiger partial charge on any atom is -0.337 e. The lowest BCUT2D eigenvalue weighted by atomic mass is 9.95. The highest BCUT2D eigenvalue weighted by Crippen LogP contribution is 2.12. The number of aryl methyl sites for hydroxylation is 2. The summed E-state index contributed by atoms with van der Waals surface area (Å²) in [5.74, 6) is 0.984. The molecule has 0 saturated heterocycles. The zero-order valence-corrected chi connectivity index (χ0v) is 12.9. The summed E-state index contributed by atoms with van der Waals surface area (Å²) in [6, 6.07) is -0.172. The second-order valence-corrected chi connectivity index (χ2v) is 6.54. The van der Waals surface area contributed by atoms with E-state index < -0.39 is 10.0 Å². The number of imidazole rings is 1. The predicted octanol–water partition coefficient (Wildman–Crippen LogP) is 0.770. The van der Waals surface area contributed by atoms with E-state index in [1.807, 2.05) is 0 Å². The third-order valence-corrected chi connectivity index (χ3v) is 4.82. The maximum Gasteiger partial charge on any atom is 0.259 e. The second kappa shape index (κ2) is 6.49. The van der Waals surface area contributed by atoms with Crippen molar-refractivity contribution in [3.05, 3.63) is 12.0 Å². The molecule has 19 heavy (non-hydrogen) atoms. The first-order chi connectivity index (χ1) is 8.81. The minimum atomic E-state index is -3.57. The Morgan fingerprint density at radius 2 is 2.00 bits per heavy atom.